The highest BCUT2D eigenvalue weighted by molar-refractivity contribution is 7.99. The molecule has 3 heterocycles. The van der Waals surface area contributed by atoms with E-state index in [1.807, 2.05) is 17.5 Å². The first-order valence-electron chi connectivity index (χ1n) is 7.09. The molecule has 0 radical (unpaired) electrons. The molecule has 3 aromatic rings. The van der Waals surface area contributed by atoms with E-state index in [1.165, 1.54) is 4.68 Å². The molecule has 1 amide bonds. The van der Waals surface area contributed by atoms with Gasteiger partial charge in [0.1, 0.15) is 5.82 Å². The van der Waals surface area contributed by atoms with Crippen molar-refractivity contribution in [3.8, 4) is 0 Å². The lowest BCUT2D eigenvalue weighted by Crippen LogP contribution is -2.17. The summed E-state index contributed by atoms with van der Waals surface area (Å²) in [7, 11) is 0. The minimum Gasteiger partial charge on any atom is -0.334 e. The van der Waals surface area contributed by atoms with E-state index in [-0.39, 0.29) is 17.6 Å². The molecule has 3 rings (SSSR count). The average molecular weight is 374 g/mol. The summed E-state index contributed by atoms with van der Waals surface area (Å²) in [6, 6.07) is 9.14. The summed E-state index contributed by atoms with van der Waals surface area (Å²) < 4.78 is 1.24. The van der Waals surface area contributed by atoms with Crippen molar-refractivity contribution in [2.75, 3.05) is 22.3 Å². The number of carbonyl (C=O) groups excluding carboxylic acids is 1. The summed E-state index contributed by atoms with van der Waals surface area (Å²) in [4.78, 5) is 16.9. The van der Waals surface area contributed by atoms with E-state index >= 15 is 0 Å². The number of nitrogen functional groups attached to an aromatic ring is 1. The molecular formula is C14H14N8OS2. The summed E-state index contributed by atoms with van der Waals surface area (Å²) in [5.41, 5.74) is 2.72. The summed E-state index contributed by atoms with van der Waals surface area (Å²) in [6.07, 6.45) is 3.26. The molecule has 0 aromatic carbocycles. The number of aromatic nitrogens is 4. The van der Waals surface area contributed by atoms with E-state index in [0.717, 1.165) is 16.6 Å². The molecular weight excluding hydrogens is 360 g/mol. The van der Waals surface area contributed by atoms with E-state index in [0.29, 0.717) is 11.0 Å². The van der Waals surface area contributed by atoms with Crippen molar-refractivity contribution < 1.29 is 4.79 Å². The monoisotopic (exact) mass is 374 g/mol. The maximum Gasteiger partial charge on any atom is 0.264 e. The van der Waals surface area contributed by atoms with Gasteiger partial charge in [-0.05, 0) is 23.6 Å². The Labute approximate surface area is 151 Å². The van der Waals surface area contributed by atoms with E-state index in [2.05, 4.69) is 31.0 Å². The van der Waals surface area contributed by atoms with Crippen molar-refractivity contribution >= 4 is 47.0 Å². The number of hydrogen-bond donors (Lipinski definition) is 3. The second-order valence-corrected chi connectivity index (χ2v) is 6.54. The zero-order valence-electron chi connectivity index (χ0n) is 12.9. The maximum atomic E-state index is 11.9. The summed E-state index contributed by atoms with van der Waals surface area (Å²) in [5, 5.41) is 16.9. The zero-order valence-corrected chi connectivity index (χ0v) is 14.5. The third kappa shape index (κ3) is 4.78. The van der Waals surface area contributed by atoms with Crippen LogP contribution in [0.15, 0.2) is 52.2 Å². The number of nitrogens with zero attached hydrogens (tertiary/aromatic N) is 5. The number of nitrogens with one attached hydrogen (secondary N) is 2. The molecule has 4 N–H and O–H groups in total. The molecule has 0 saturated heterocycles. The summed E-state index contributed by atoms with van der Waals surface area (Å²) in [6.45, 7) is 0. The highest BCUT2D eigenvalue weighted by Crippen LogP contribution is 2.17. The molecule has 11 heteroatoms. The lowest BCUT2D eigenvalue weighted by molar-refractivity contribution is -0.113. The van der Waals surface area contributed by atoms with Crippen LogP contribution in [0.2, 0.25) is 0 Å². The largest absolute Gasteiger partial charge is 0.334 e. The number of nitrogens with two attached hydrogens (primary N) is 1. The molecule has 0 aliphatic rings. The van der Waals surface area contributed by atoms with Crippen molar-refractivity contribution in [3.05, 3.63) is 46.8 Å². The van der Waals surface area contributed by atoms with Gasteiger partial charge in [-0.1, -0.05) is 23.9 Å². The van der Waals surface area contributed by atoms with Crippen LogP contribution in [0.25, 0.3) is 0 Å². The van der Waals surface area contributed by atoms with E-state index in [4.69, 9.17) is 5.84 Å². The molecule has 3 aromatic heterocycles. The quantitative estimate of drug-likeness (QED) is 0.248. The first-order chi connectivity index (χ1) is 12.2. The van der Waals surface area contributed by atoms with Crippen molar-refractivity contribution in [2.24, 2.45) is 5.10 Å². The Morgan fingerprint density at radius 3 is 3.04 bits per heavy atom. The van der Waals surface area contributed by atoms with Gasteiger partial charge in [-0.15, -0.1) is 21.5 Å². The molecule has 0 unspecified atom stereocenters. The van der Waals surface area contributed by atoms with Crippen LogP contribution in [-0.4, -0.2) is 37.7 Å². The topological polar surface area (TPSA) is 123 Å². The Morgan fingerprint density at radius 2 is 2.28 bits per heavy atom. The summed E-state index contributed by atoms with van der Waals surface area (Å²) in [5.74, 6) is 6.58. The van der Waals surface area contributed by atoms with E-state index in [9.17, 15) is 4.79 Å². The lowest BCUT2D eigenvalue weighted by atomic mass is 10.4. The Bertz CT molecular complexity index is 847. The third-order valence-corrected chi connectivity index (χ3v) is 4.58. The molecule has 0 atom stereocenters. The van der Waals surface area contributed by atoms with Gasteiger partial charge < -0.3 is 11.2 Å². The lowest BCUT2D eigenvalue weighted by Gasteiger charge is -2.04. The molecule has 0 aliphatic carbocycles. The fourth-order valence-electron chi connectivity index (χ4n) is 1.72. The molecule has 0 bridgehead atoms. The Morgan fingerprint density at radius 1 is 1.36 bits per heavy atom. The molecule has 25 heavy (non-hydrogen) atoms. The number of carbonyl (C=O) groups is 1. The van der Waals surface area contributed by atoms with Gasteiger partial charge >= 0.3 is 0 Å². The van der Waals surface area contributed by atoms with Gasteiger partial charge in [-0.2, -0.15) is 5.10 Å². The predicted octanol–water partition coefficient (Wildman–Crippen LogP) is 1.63. The van der Waals surface area contributed by atoms with Crippen LogP contribution >= 0.6 is 23.1 Å². The SMILES string of the molecule is Nn1c(N/N=C/c2cccs2)nnc1SCC(=O)Nc1ccccn1. The molecule has 0 fully saturated rings. The van der Waals surface area contributed by atoms with Gasteiger partial charge in [0.2, 0.25) is 11.1 Å². The standard InChI is InChI=1S/C14H14N8OS2/c15-22-13(19-17-8-10-4-3-7-24-10)20-21-14(22)25-9-12(23)18-11-5-1-2-6-16-11/h1-8H,9,15H2,(H,19,20)(H,16,18,23)/b17-8+. The Hall–Kier alpha value is -2.92. The number of thiophene rings is 1. The zero-order chi connectivity index (χ0) is 17.5. The second-order valence-electron chi connectivity index (χ2n) is 4.61. The van der Waals surface area contributed by atoms with Gasteiger partial charge in [-0.25, -0.2) is 15.1 Å². The minimum atomic E-state index is -0.211. The highest BCUT2D eigenvalue weighted by Gasteiger charge is 2.12. The third-order valence-electron chi connectivity index (χ3n) is 2.83. The van der Waals surface area contributed by atoms with Crippen LogP contribution < -0.4 is 16.6 Å². The summed E-state index contributed by atoms with van der Waals surface area (Å²) >= 11 is 2.72. The molecule has 0 aliphatic heterocycles. The number of rotatable bonds is 7. The highest BCUT2D eigenvalue weighted by atomic mass is 32.2. The van der Waals surface area contributed by atoms with Gasteiger partial charge in [0, 0.05) is 11.1 Å². The van der Waals surface area contributed by atoms with Crippen molar-refractivity contribution in [2.45, 2.75) is 5.16 Å². The van der Waals surface area contributed by atoms with Gasteiger partial charge in [-0.3, -0.25) is 4.79 Å². The number of hydrazone groups is 1. The van der Waals surface area contributed by atoms with Crippen LogP contribution in [0, 0.1) is 0 Å². The fraction of sp³-hybridized carbons (Fsp3) is 0.0714. The molecule has 128 valence electrons. The smallest absolute Gasteiger partial charge is 0.264 e. The van der Waals surface area contributed by atoms with E-state index in [1.54, 1.807) is 41.9 Å². The van der Waals surface area contributed by atoms with Crippen LogP contribution in [0.5, 0.6) is 0 Å². The van der Waals surface area contributed by atoms with Crippen molar-refractivity contribution in [3.63, 3.8) is 0 Å². The van der Waals surface area contributed by atoms with Gasteiger partial charge in [0.15, 0.2) is 0 Å². The molecule has 9 nitrogen and oxygen atoms in total. The Kier molecular flexibility index (Phi) is 5.59. The number of hydrogen-bond acceptors (Lipinski definition) is 9. The Balaban J connectivity index is 1.51. The molecule has 0 spiro atoms. The minimum absolute atomic E-state index is 0.129. The fourth-order valence-corrected chi connectivity index (χ4v) is 2.96. The number of amides is 1. The average Bonchev–Trinajstić information content (AvgIpc) is 3.25. The predicted molar refractivity (Wildman–Crippen MR) is 99.3 cm³/mol. The van der Waals surface area contributed by atoms with Crippen LogP contribution in [0.4, 0.5) is 11.8 Å². The first-order valence-corrected chi connectivity index (χ1v) is 8.95. The van der Waals surface area contributed by atoms with Crippen LogP contribution in [0.3, 0.4) is 0 Å². The second kappa shape index (κ2) is 8.26. The van der Waals surface area contributed by atoms with Crippen molar-refractivity contribution in [1.82, 2.24) is 19.9 Å². The van der Waals surface area contributed by atoms with Gasteiger partial charge in [0.05, 0.1) is 12.0 Å². The van der Waals surface area contributed by atoms with Crippen LogP contribution in [-0.2, 0) is 4.79 Å². The number of pyridine rings is 1. The molecule has 0 saturated carbocycles. The van der Waals surface area contributed by atoms with Gasteiger partial charge in [0.25, 0.3) is 5.95 Å². The first kappa shape index (κ1) is 16.9. The van der Waals surface area contributed by atoms with Crippen LogP contribution in [0.1, 0.15) is 4.88 Å². The number of anilines is 2. The van der Waals surface area contributed by atoms with Crippen molar-refractivity contribution in [1.29, 1.82) is 0 Å². The number of thioether (sulfide) groups is 1. The van der Waals surface area contributed by atoms with E-state index < -0.39 is 0 Å². The maximum absolute atomic E-state index is 11.9. The normalized spacial score (nSPS) is 10.9.